The molecule has 0 atom stereocenters. The van der Waals surface area contributed by atoms with E-state index in [4.69, 9.17) is 5.11 Å². The summed E-state index contributed by atoms with van der Waals surface area (Å²) in [6.45, 7) is -0.232. The summed E-state index contributed by atoms with van der Waals surface area (Å²) in [5.74, 6) is 0.0531. The standard InChI is InChI=1S/C13H11BrN2O2/c14-11-3-1-2-4-12(11)16-15-10-5-6-13(18)9(7-10)8-17/h1-7,17-18H,8H2. The molecule has 0 bridgehead atoms. The van der Waals surface area contributed by atoms with Crippen molar-refractivity contribution in [3.8, 4) is 5.75 Å². The number of rotatable bonds is 3. The predicted octanol–water partition coefficient (Wildman–Crippen LogP) is 4.06. The number of aliphatic hydroxyl groups is 1. The van der Waals surface area contributed by atoms with Gasteiger partial charge in [-0.05, 0) is 46.3 Å². The molecule has 0 amide bonds. The van der Waals surface area contributed by atoms with Gasteiger partial charge in [0.25, 0.3) is 0 Å². The Bertz CT molecular complexity index is 585. The molecule has 0 aliphatic heterocycles. The van der Waals surface area contributed by atoms with E-state index in [2.05, 4.69) is 26.2 Å². The van der Waals surface area contributed by atoms with E-state index in [1.165, 1.54) is 6.07 Å². The number of azo groups is 1. The van der Waals surface area contributed by atoms with Crippen LogP contribution < -0.4 is 0 Å². The van der Waals surface area contributed by atoms with Crippen LogP contribution in [0.4, 0.5) is 11.4 Å². The van der Waals surface area contributed by atoms with E-state index in [1.807, 2.05) is 24.3 Å². The molecule has 2 rings (SSSR count). The molecule has 0 fully saturated rings. The van der Waals surface area contributed by atoms with Crippen LogP contribution in [0.15, 0.2) is 57.2 Å². The van der Waals surface area contributed by atoms with Crippen molar-refractivity contribution in [3.05, 3.63) is 52.5 Å². The van der Waals surface area contributed by atoms with Gasteiger partial charge in [-0.3, -0.25) is 0 Å². The lowest BCUT2D eigenvalue weighted by molar-refractivity contribution is 0.275. The van der Waals surface area contributed by atoms with E-state index < -0.39 is 0 Å². The molecule has 0 spiro atoms. The third-order valence-electron chi connectivity index (χ3n) is 2.36. The molecule has 2 aromatic carbocycles. The Morgan fingerprint density at radius 1 is 1.06 bits per heavy atom. The maximum Gasteiger partial charge on any atom is 0.121 e. The number of aromatic hydroxyl groups is 1. The largest absolute Gasteiger partial charge is 0.508 e. The Morgan fingerprint density at radius 3 is 2.56 bits per heavy atom. The van der Waals surface area contributed by atoms with E-state index >= 15 is 0 Å². The van der Waals surface area contributed by atoms with E-state index in [9.17, 15) is 5.11 Å². The summed E-state index contributed by atoms with van der Waals surface area (Å²) >= 11 is 3.38. The summed E-state index contributed by atoms with van der Waals surface area (Å²) in [5.41, 5.74) is 1.72. The van der Waals surface area contributed by atoms with Gasteiger partial charge in [-0.25, -0.2) is 0 Å². The molecule has 0 unspecified atom stereocenters. The second-order valence-corrected chi connectivity index (χ2v) is 4.48. The molecule has 0 aliphatic rings. The van der Waals surface area contributed by atoms with Gasteiger partial charge in [-0.15, -0.1) is 5.11 Å². The molecule has 0 radical (unpaired) electrons. The smallest absolute Gasteiger partial charge is 0.121 e. The normalized spacial score (nSPS) is 11.0. The van der Waals surface area contributed by atoms with Gasteiger partial charge in [0.05, 0.1) is 18.0 Å². The van der Waals surface area contributed by atoms with Gasteiger partial charge in [0.1, 0.15) is 5.75 Å². The summed E-state index contributed by atoms with van der Waals surface area (Å²) in [6.07, 6.45) is 0. The molecular formula is C13H11BrN2O2. The highest BCUT2D eigenvalue weighted by atomic mass is 79.9. The van der Waals surface area contributed by atoms with Crippen molar-refractivity contribution in [3.63, 3.8) is 0 Å². The van der Waals surface area contributed by atoms with Gasteiger partial charge in [0.2, 0.25) is 0 Å². The molecule has 0 saturated carbocycles. The lowest BCUT2D eigenvalue weighted by Gasteiger charge is -2.01. The van der Waals surface area contributed by atoms with E-state index in [-0.39, 0.29) is 12.4 Å². The Balaban J connectivity index is 2.27. The Labute approximate surface area is 113 Å². The number of hydrogen-bond donors (Lipinski definition) is 2. The van der Waals surface area contributed by atoms with Crippen LogP contribution >= 0.6 is 15.9 Å². The highest BCUT2D eigenvalue weighted by Crippen LogP contribution is 2.28. The first-order chi connectivity index (χ1) is 8.70. The topological polar surface area (TPSA) is 65.2 Å². The zero-order valence-corrected chi connectivity index (χ0v) is 11.0. The number of phenols is 1. The van der Waals surface area contributed by atoms with Crippen LogP contribution in [0.3, 0.4) is 0 Å². The Morgan fingerprint density at radius 2 is 1.83 bits per heavy atom. The quantitative estimate of drug-likeness (QED) is 0.840. The molecule has 0 heterocycles. The van der Waals surface area contributed by atoms with Gasteiger partial charge >= 0.3 is 0 Å². The summed E-state index contributed by atoms with van der Waals surface area (Å²) in [5, 5.41) is 26.6. The number of hydrogen-bond acceptors (Lipinski definition) is 4. The highest BCUT2D eigenvalue weighted by molar-refractivity contribution is 9.10. The van der Waals surface area contributed by atoms with Crippen molar-refractivity contribution < 1.29 is 10.2 Å². The monoisotopic (exact) mass is 306 g/mol. The van der Waals surface area contributed by atoms with Gasteiger partial charge < -0.3 is 10.2 Å². The number of halogens is 1. The van der Waals surface area contributed by atoms with E-state index in [0.717, 1.165) is 10.2 Å². The first-order valence-corrected chi connectivity index (χ1v) is 6.09. The lowest BCUT2D eigenvalue weighted by Crippen LogP contribution is -1.82. The minimum atomic E-state index is -0.232. The van der Waals surface area contributed by atoms with Crippen molar-refractivity contribution in [2.24, 2.45) is 10.2 Å². The minimum Gasteiger partial charge on any atom is -0.508 e. The van der Waals surface area contributed by atoms with Crippen LogP contribution in [0.25, 0.3) is 0 Å². The van der Waals surface area contributed by atoms with Crippen molar-refractivity contribution in [1.29, 1.82) is 0 Å². The van der Waals surface area contributed by atoms with E-state index in [1.54, 1.807) is 12.1 Å². The van der Waals surface area contributed by atoms with Crippen LogP contribution in [0.1, 0.15) is 5.56 Å². The van der Waals surface area contributed by atoms with Crippen LogP contribution in [-0.2, 0) is 6.61 Å². The molecule has 18 heavy (non-hydrogen) atoms. The van der Waals surface area contributed by atoms with Gasteiger partial charge in [0, 0.05) is 10.0 Å². The number of benzene rings is 2. The second kappa shape index (κ2) is 5.75. The molecule has 92 valence electrons. The molecular weight excluding hydrogens is 296 g/mol. The summed E-state index contributed by atoms with van der Waals surface area (Å²) < 4.78 is 0.856. The molecule has 0 aromatic heterocycles. The Kier molecular flexibility index (Phi) is 4.07. The fraction of sp³-hybridized carbons (Fsp3) is 0.0769. The fourth-order valence-corrected chi connectivity index (χ4v) is 1.77. The van der Waals surface area contributed by atoms with Crippen molar-refractivity contribution >= 4 is 27.3 Å². The van der Waals surface area contributed by atoms with Crippen LogP contribution in [-0.4, -0.2) is 10.2 Å². The number of aliphatic hydroxyl groups excluding tert-OH is 1. The molecule has 4 nitrogen and oxygen atoms in total. The third-order valence-corrected chi connectivity index (χ3v) is 3.03. The molecule has 2 aromatic rings. The highest BCUT2D eigenvalue weighted by Gasteiger charge is 2.01. The molecule has 5 heteroatoms. The lowest BCUT2D eigenvalue weighted by atomic mass is 10.2. The van der Waals surface area contributed by atoms with Gasteiger partial charge in [-0.2, -0.15) is 5.11 Å². The molecule has 0 saturated heterocycles. The van der Waals surface area contributed by atoms with Crippen molar-refractivity contribution in [2.75, 3.05) is 0 Å². The maximum atomic E-state index is 9.42. The fourth-order valence-electron chi connectivity index (χ4n) is 1.41. The van der Waals surface area contributed by atoms with Crippen molar-refractivity contribution in [1.82, 2.24) is 0 Å². The van der Waals surface area contributed by atoms with Crippen molar-refractivity contribution in [2.45, 2.75) is 6.61 Å². The molecule has 2 N–H and O–H groups in total. The Hall–Kier alpha value is -1.72. The zero-order chi connectivity index (χ0) is 13.0. The van der Waals surface area contributed by atoms with Gasteiger partial charge in [-0.1, -0.05) is 12.1 Å². The number of nitrogens with zero attached hydrogens (tertiary/aromatic N) is 2. The van der Waals surface area contributed by atoms with E-state index in [0.29, 0.717) is 11.3 Å². The second-order valence-electron chi connectivity index (χ2n) is 3.62. The zero-order valence-electron chi connectivity index (χ0n) is 9.42. The average molecular weight is 307 g/mol. The first-order valence-electron chi connectivity index (χ1n) is 5.29. The first kappa shape index (κ1) is 12.7. The third kappa shape index (κ3) is 2.94. The SMILES string of the molecule is OCc1cc(N=Nc2ccccc2Br)ccc1O. The summed E-state index contributed by atoms with van der Waals surface area (Å²) in [4.78, 5) is 0. The average Bonchev–Trinajstić information content (AvgIpc) is 2.39. The minimum absolute atomic E-state index is 0.0531. The summed E-state index contributed by atoms with van der Waals surface area (Å²) in [6, 6.07) is 12.2. The molecule has 0 aliphatic carbocycles. The van der Waals surface area contributed by atoms with Crippen LogP contribution in [0.5, 0.6) is 5.75 Å². The maximum absolute atomic E-state index is 9.42. The van der Waals surface area contributed by atoms with Crippen LogP contribution in [0, 0.1) is 0 Å². The summed E-state index contributed by atoms with van der Waals surface area (Å²) in [7, 11) is 0. The van der Waals surface area contributed by atoms with Crippen LogP contribution in [0.2, 0.25) is 0 Å². The van der Waals surface area contributed by atoms with Gasteiger partial charge in [0.15, 0.2) is 0 Å². The predicted molar refractivity (Wildman–Crippen MR) is 72.3 cm³/mol.